The summed E-state index contributed by atoms with van der Waals surface area (Å²) in [6, 6.07) is 7.38. The van der Waals surface area contributed by atoms with Crippen LogP contribution in [-0.4, -0.2) is 34.6 Å². The Hall–Kier alpha value is -2.37. The van der Waals surface area contributed by atoms with Crippen LogP contribution >= 0.6 is 0 Å². The van der Waals surface area contributed by atoms with Crippen molar-refractivity contribution in [2.45, 2.75) is 46.1 Å². The number of rotatable bonds is 3. The van der Waals surface area contributed by atoms with Gasteiger partial charge in [0, 0.05) is 17.5 Å². The fourth-order valence-corrected chi connectivity index (χ4v) is 3.09. The molecule has 1 amide bonds. The third-order valence-corrected chi connectivity index (χ3v) is 4.48. The summed E-state index contributed by atoms with van der Waals surface area (Å²) in [7, 11) is 1.63. The highest BCUT2D eigenvalue weighted by molar-refractivity contribution is 5.82. The maximum Gasteiger partial charge on any atom is 0.249 e. The van der Waals surface area contributed by atoms with E-state index >= 15 is 0 Å². The maximum atomic E-state index is 12.8. The predicted octanol–water partition coefficient (Wildman–Crippen LogP) is 3.84. The number of hydrogen-bond donors (Lipinski definition) is 0. The van der Waals surface area contributed by atoms with Crippen LogP contribution in [0.5, 0.6) is 5.75 Å². The number of carbonyl (C=O) groups excluding carboxylic acids is 1. The van der Waals surface area contributed by atoms with E-state index in [1.165, 1.54) is 0 Å². The van der Waals surface area contributed by atoms with Crippen molar-refractivity contribution in [2.24, 2.45) is 5.41 Å². The Morgan fingerprint density at radius 1 is 1.24 bits per heavy atom. The smallest absolute Gasteiger partial charge is 0.249 e. The van der Waals surface area contributed by atoms with Gasteiger partial charge < -0.3 is 14.2 Å². The van der Waals surface area contributed by atoms with Gasteiger partial charge >= 0.3 is 0 Å². The molecule has 0 unspecified atom stereocenters. The summed E-state index contributed by atoms with van der Waals surface area (Å²) >= 11 is 0. The highest BCUT2D eigenvalue weighted by atomic mass is 16.5. The highest BCUT2D eigenvalue weighted by Gasteiger charge is 2.36. The fourth-order valence-electron chi connectivity index (χ4n) is 3.09. The molecule has 1 saturated heterocycles. The predicted molar refractivity (Wildman–Crippen MR) is 94.0 cm³/mol. The highest BCUT2D eigenvalue weighted by Crippen LogP contribution is 2.34. The van der Waals surface area contributed by atoms with Crippen molar-refractivity contribution in [3.63, 3.8) is 0 Å². The lowest BCUT2D eigenvalue weighted by Crippen LogP contribution is -2.44. The number of ether oxygens (including phenoxy) is 1. The second kappa shape index (κ2) is 6.86. The van der Waals surface area contributed by atoms with E-state index in [-0.39, 0.29) is 11.9 Å². The van der Waals surface area contributed by atoms with E-state index in [2.05, 4.69) is 10.1 Å². The van der Waals surface area contributed by atoms with Crippen LogP contribution in [0.2, 0.25) is 0 Å². The molecule has 0 radical (unpaired) electrons. The number of nitrogens with zero attached hydrogens (tertiary/aromatic N) is 3. The third kappa shape index (κ3) is 3.67. The molecule has 0 spiro atoms. The molecule has 1 fully saturated rings. The average Bonchev–Trinajstić information content (AvgIpc) is 3.10. The lowest BCUT2D eigenvalue weighted by molar-refractivity contribution is -0.144. The Morgan fingerprint density at radius 3 is 2.60 bits per heavy atom. The van der Waals surface area contributed by atoms with Gasteiger partial charge in [-0.25, -0.2) is 0 Å². The lowest BCUT2D eigenvalue weighted by Gasteiger charge is -2.37. The van der Waals surface area contributed by atoms with Crippen LogP contribution in [0.25, 0.3) is 11.4 Å². The molecular formula is C19H25N3O3. The van der Waals surface area contributed by atoms with Crippen molar-refractivity contribution in [3.8, 4) is 17.1 Å². The van der Waals surface area contributed by atoms with E-state index in [0.717, 1.165) is 37.1 Å². The molecule has 3 rings (SSSR count). The van der Waals surface area contributed by atoms with Crippen LogP contribution in [0.4, 0.5) is 0 Å². The Kier molecular flexibility index (Phi) is 4.79. The van der Waals surface area contributed by atoms with Crippen molar-refractivity contribution in [1.29, 1.82) is 0 Å². The summed E-state index contributed by atoms with van der Waals surface area (Å²) in [6.45, 7) is 6.56. The summed E-state index contributed by atoms with van der Waals surface area (Å²) < 4.78 is 10.7. The van der Waals surface area contributed by atoms with Crippen molar-refractivity contribution in [1.82, 2.24) is 15.0 Å². The number of benzene rings is 1. The van der Waals surface area contributed by atoms with Gasteiger partial charge in [0.1, 0.15) is 11.8 Å². The zero-order chi connectivity index (χ0) is 18.0. The number of likely N-dealkylation sites (tertiary alicyclic amines) is 1. The van der Waals surface area contributed by atoms with E-state index in [0.29, 0.717) is 11.7 Å². The topological polar surface area (TPSA) is 68.5 Å². The van der Waals surface area contributed by atoms with Gasteiger partial charge in [-0.15, -0.1) is 0 Å². The summed E-state index contributed by atoms with van der Waals surface area (Å²) in [5.74, 6) is 1.96. The van der Waals surface area contributed by atoms with Crippen LogP contribution < -0.4 is 4.74 Å². The Bertz CT molecular complexity index is 731. The largest absolute Gasteiger partial charge is 0.497 e. The van der Waals surface area contributed by atoms with E-state index in [1.807, 2.05) is 49.9 Å². The monoisotopic (exact) mass is 343 g/mol. The van der Waals surface area contributed by atoms with Gasteiger partial charge in [0.25, 0.3) is 0 Å². The molecule has 0 N–H and O–H groups in total. The van der Waals surface area contributed by atoms with Crippen molar-refractivity contribution in [2.75, 3.05) is 13.7 Å². The first-order valence-corrected chi connectivity index (χ1v) is 8.69. The van der Waals surface area contributed by atoms with Gasteiger partial charge in [-0.05, 0) is 43.5 Å². The van der Waals surface area contributed by atoms with Gasteiger partial charge in [-0.2, -0.15) is 4.98 Å². The number of amides is 1. The first-order chi connectivity index (χ1) is 11.9. The molecule has 1 aliphatic heterocycles. The molecule has 1 aliphatic rings. The molecule has 1 aromatic heterocycles. The minimum atomic E-state index is -0.422. The number of aromatic nitrogens is 2. The van der Waals surface area contributed by atoms with Crippen LogP contribution in [0, 0.1) is 5.41 Å². The van der Waals surface area contributed by atoms with E-state index in [4.69, 9.17) is 9.26 Å². The minimum absolute atomic E-state index is 0.126. The first kappa shape index (κ1) is 17.5. The van der Waals surface area contributed by atoms with E-state index < -0.39 is 5.41 Å². The molecule has 2 heterocycles. The zero-order valence-electron chi connectivity index (χ0n) is 15.3. The van der Waals surface area contributed by atoms with Gasteiger partial charge in [-0.1, -0.05) is 25.9 Å². The Balaban J connectivity index is 1.85. The van der Waals surface area contributed by atoms with Crippen molar-refractivity contribution in [3.05, 3.63) is 30.2 Å². The summed E-state index contributed by atoms with van der Waals surface area (Å²) in [6.07, 6.45) is 2.92. The molecule has 2 aromatic rings. The van der Waals surface area contributed by atoms with E-state index in [1.54, 1.807) is 7.11 Å². The zero-order valence-corrected chi connectivity index (χ0v) is 15.3. The third-order valence-electron chi connectivity index (χ3n) is 4.48. The SMILES string of the molecule is COc1ccc(-c2noc([C@@H]3CCCCN3C(=O)C(C)(C)C)n2)cc1. The molecule has 6 heteroatoms. The van der Waals surface area contributed by atoms with Crippen molar-refractivity contribution < 1.29 is 14.1 Å². The second-order valence-corrected chi connectivity index (χ2v) is 7.44. The molecule has 0 aliphatic carbocycles. The molecule has 0 bridgehead atoms. The summed E-state index contributed by atoms with van der Waals surface area (Å²) in [5, 5.41) is 4.11. The quantitative estimate of drug-likeness (QED) is 0.847. The molecule has 25 heavy (non-hydrogen) atoms. The fraction of sp³-hybridized carbons (Fsp3) is 0.526. The molecule has 1 aromatic carbocycles. The standard InChI is InChI=1S/C19H25N3O3/c1-19(2,3)18(23)22-12-6-5-7-15(22)17-20-16(21-25-17)13-8-10-14(24-4)11-9-13/h8-11,15H,5-7,12H2,1-4H3/t15-/m0/s1. The second-order valence-electron chi connectivity index (χ2n) is 7.44. The average molecular weight is 343 g/mol. The first-order valence-electron chi connectivity index (χ1n) is 8.69. The number of carbonyl (C=O) groups is 1. The number of piperidine rings is 1. The molecule has 0 saturated carbocycles. The van der Waals surface area contributed by atoms with Crippen LogP contribution in [-0.2, 0) is 4.79 Å². The molecular weight excluding hydrogens is 318 g/mol. The minimum Gasteiger partial charge on any atom is -0.497 e. The van der Waals surface area contributed by atoms with Crippen LogP contribution in [0.15, 0.2) is 28.8 Å². The van der Waals surface area contributed by atoms with Gasteiger partial charge in [0.2, 0.25) is 17.6 Å². The van der Waals surface area contributed by atoms with Gasteiger partial charge in [-0.3, -0.25) is 4.79 Å². The summed E-state index contributed by atoms with van der Waals surface area (Å²) in [5.41, 5.74) is 0.439. The summed E-state index contributed by atoms with van der Waals surface area (Å²) in [4.78, 5) is 19.2. The lowest BCUT2D eigenvalue weighted by atomic mass is 9.91. The molecule has 6 nitrogen and oxygen atoms in total. The van der Waals surface area contributed by atoms with Crippen molar-refractivity contribution >= 4 is 5.91 Å². The Morgan fingerprint density at radius 2 is 1.96 bits per heavy atom. The number of hydrogen-bond acceptors (Lipinski definition) is 5. The maximum absolute atomic E-state index is 12.8. The van der Waals surface area contributed by atoms with E-state index in [9.17, 15) is 4.79 Å². The Labute approximate surface area is 148 Å². The molecule has 134 valence electrons. The van der Waals surface area contributed by atoms with Crippen LogP contribution in [0.1, 0.15) is 52.0 Å². The number of methoxy groups -OCH3 is 1. The normalized spacial score (nSPS) is 18.2. The van der Waals surface area contributed by atoms with Crippen LogP contribution in [0.3, 0.4) is 0 Å². The molecule has 1 atom stereocenters. The van der Waals surface area contributed by atoms with Gasteiger partial charge in [0.05, 0.1) is 7.11 Å². The van der Waals surface area contributed by atoms with Gasteiger partial charge in [0.15, 0.2) is 0 Å².